The van der Waals surface area contributed by atoms with Gasteiger partial charge in [0.25, 0.3) is 0 Å². The number of aliphatic hydroxyl groups excluding tert-OH is 1. The van der Waals surface area contributed by atoms with Crippen LogP contribution in [0.25, 0.3) is 0 Å². The molecule has 1 fully saturated rings. The second-order valence-electron chi connectivity index (χ2n) is 6.16. The number of hydrogen-bond donors (Lipinski definition) is 1. The first kappa shape index (κ1) is 16.6. The van der Waals surface area contributed by atoms with Crippen LogP contribution in [-0.2, 0) is 17.8 Å². The molecule has 0 unspecified atom stereocenters. The average molecular weight is 331 g/mol. The number of amides is 1. The van der Waals surface area contributed by atoms with Crippen LogP contribution < -0.4 is 0 Å². The number of carbonyl (C=O) groups is 1. The van der Waals surface area contributed by atoms with Crippen LogP contribution in [0.2, 0.25) is 0 Å². The highest BCUT2D eigenvalue weighted by atomic mass is 19.1. The van der Waals surface area contributed by atoms with Crippen molar-refractivity contribution in [1.29, 1.82) is 0 Å². The SMILES string of the molecule is O=C(Cc1ccc(F)cc1)N1CCC(c2ccnn2CCO)CC1. The minimum atomic E-state index is -0.286. The molecule has 0 radical (unpaired) electrons. The van der Waals surface area contributed by atoms with Crippen molar-refractivity contribution in [2.75, 3.05) is 19.7 Å². The zero-order valence-corrected chi connectivity index (χ0v) is 13.6. The average Bonchev–Trinajstić information content (AvgIpc) is 3.06. The number of aromatic nitrogens is 2. The van der Waals surface area contributed by atoms with E-state index in [0.717, 1.165) is 37.2 Å². The summed E-state index contributed by atoms with van der Waals surface area (Å²) in [6.45, 7) is 2.01. The van der Waals surface area contributed by atoms with E-state index >= 15 is 0 Å². The lowest BCUT2D eigenvalue weighted by molar-refractivity contribution is -0.131. The molecule has 128 valence electrons. The van der Waals surface area contributed by atoms with Gasteiger partial charge in [-0.1, -0.05) is 12.1 Å². The van der Waals surface area contributed by atoms with E-state index < -0.39 is 0 Å². The summed E-state index contributed by atoms with van der Waals surface area (Å²) in [7, 11) is 0. The van der Waals surface area contributed by atoms with Gasteiger partial charge in [0.2, 0.25) is 5.91 Å². The lowest BCUT2D eigenvalue weighted by atomic mass is 9.93. The monoisotopic (exact) mass is 331 g/mol. The Morgan fingerprint density at radius 3 is 2.58 bits per heavy atom. The summed E-state index contributed by atoms with van der Waals surface area (Å²) >= 11 is 0. The molecule has 3 rings (SSSR count). The van der Waals surface area contributed by atoms with Crippen LogP contribution in [0.5, 0.6) is 0 Å². The lowest BCUT2D eigenvalue weighted by Gasteiger charge is -2.32. The Balaban J connectivity index is 1.55. The van der Waals surface area contributed by atoms with Crippen molar-refractivity contribution in [3.63, 3.8) is 0 Å². The Morgan fingerprint density at radius 1 is 1.21 bits per heavy atom. The van der Waals surface area contributed by atoms with Crippen molar-refractivity contribution in [2.45, 2.75) is 31.7 Å². The van der Waals surface area contributed by atoms with Crippen molar-refractivity contribution in [3.8, 4) is 0 Å². The van der Waals surface area contributed by atoms with Crippen molar-refractivity contribution in [3.05, 3.63) is 53.6 Å². The van der Waals surface area contributed by atoms with Crippen LogP contribution in [0.3, 0.4) is 0 Å². The van der Waals surface area contributed by atoms with E-state index in [-0.39, 0.29) is 18.3 Å². The van der Waals surface area contributed by atoms with E-state index in [1.165, 1.54) is 12.1 Å². The maximum atomic E-state index is 12.9. The normalized spacial score (nSPS) is 15.7. The van der Waals surface area contributed by atoms with Gasteiger partial charge in [-0.05, 0) is 36.6 Å². The second-order valence-corrected chi connectivity index (χ2v) is 6.16. The Hall–Kier alpha value is -2.21. The number of aliphatic hydroxyl groups is 1. The summed E-state index contributed by atoms with van der Waals surface area (Å²) in [5.74, 6) is 0.171. The molecule has 6 heteroatoms. The van der Waals surface area contributed by atoms with Gasteiger partial charge in [0.15, 0.2) is 0 Å². The third-order valence-corrected chi connectivity index (χ3v) is 4.60. The standard InChI is InChI=1S/C18H22FN3O2/c19-16-3-1-14(2-4-16)13-18(24)21-9-6-15(7-10-21)17-5-8-20-22(17)11-12-23/h1-5,8,15,23H,6-7,9-13H2. The zero-order chi connectivity index (χ0) is 16.9. The number of benzene rings is 1. The predicted molar refractivity (Wildman–Crippen MR) is 88.0 cm³/mol. The summed E-state index contributed by atoms with van der Waals surface area (Å²) in [5, 5.41) is 13.3. The first-order chi connectivity index (χ1) is 11.7. The van der Waals surface area contributed by atoms with Crippen molar-refractivity contribution >= 4 is 5.91 Å². The van der Waals surface area contributed by atoms with E-state index in [1.54, 1.807) is 18.3 Å². The molecule has 2 aromatic rings. The highest BCUT2D eigenvalue weighted by molar-refractivity contribution is 5.78. The first-order valence-corrected chi connectivity index (χ1v) is 8.32. The highest BCUT2D eigenvalue weighted by Crippen LogP contribution is 2.28. The van der Waals surface area contributed by atoms with Crippen LogP contribution in [0.4, 0.5) is 4.39 Å². The van der Waals surface area contributed by atoms with Crippen molar-refractivity contribution in [1.82, 2.24) is 14.7 Å². The fourth-order valence-corrected chi connectivity index (χ4v) is 3.28. The molecule has 24 heavy (non-hydrogen) atoms. The molecule has 0 saturated carbocycles. The van der Waals surface area contributed by atoms with E-state index in [1.807, 2.05) is 15.6 Å². The van der Waals surface area contributed by atoms with Crippen LogP contribution in [0.15, 0.2) is 36.5 Å². The first-order valence-electron chi connectivity index (χ1n) is 8.32. The number of hydrogen-bond acceptors (Lipinski definition) is 3. The molecule has 1 aliphatic heterocycles. The van der Waals surface area contributed by atoms with Crippen LogP contribution in [0, 0.1) is 5.82 Å². The number of rotatable bonds is 5. The molecule has 1 aromatic heterocycles. The maximum absolute atomic E-state index is 12.9. The van der Waals surface area contributed by atoms with Gasteiger partial charge < -0.3 is 10.0 Å². The van der Waals surface area contributed by atoms with Gasteiger partial charge in [0, 0.05) is 30.9 Å². The third-order valence-electron chi connectivity index (χ3n) is 4.60. The molecule has 2 heterocycles. The summed E-state index contributed by atoms with van der Waals surface area (Å²) in [6, 6.07) is 8.09. The van der Waals surface area contributed by atoms with Gasteiger partial charge in [0.05, 0.1) is 19.6 Å². The Kier molecular flexibility index (Phi) is 5.25. The molecule has 1 aliphatic rings. The van der Waals surface area contributed by atoms with Crippen molar-refractivity contribution in [2.24, 2.45) is 0 Å². The van der Waals surface area contributed by atoms with Gasteiger partial charge in [-0.25, -0.2) is 4.39 Å². The fourth-order valence-electron chi connectivity index (χ4n) is 3.28. The summed E-state index contributed by atoms with van der Waals surface area (Å²) in [4.78, 5) is 14.3. The topological polar surface area (TPSA) is 58.4 Å². The molecule has 0 aliphatic carbocycles. The van der Waals surface area contributed by atoms with E-state index in [9.17, 15) is 9.18 Å². The third kappa shape index (κ3) is 3.82. The molecule has 1 aromatic carbocycles. The highest BCUT2D eigenvalue weighted by Gasteiger charge is 2.25. The number of halogens is 1. The maximum Gasteiger partial charge on any atom is 0.226 e. The number of nitrogens with zero attached hydrogens (tertiary/aromatic N) is 3. The number of carbonyl (C=O) groups excluding carboxylic acids is 1. The lowest BCUT2D eigenvalue weighted by Crippen LogP contribution is -2.39. The van der Waals surface area contributed by atoms with Crippen LogP contribution in [-0.4, -0.2) is 45.4 Å². The predicted octanol–water partition coefficient (Wildman–Crippen LogP) is 1.96. The van der Waals surface area contributed by atoms with Crippen LogP contribution >= 0.6 is 0 Å². The van der Waals surface area contributed by atoms with Gasteiger partial charge in [-0.3, -0.25) is 9.48 Å². The van der Waals surface area contributed by atoms with E-state index in [0.29, 0.717) is 18.9 Å². The molecule has 0 atom stereocenters. The molecule has 5 nitrogen and oxygen atoms in total. The smallest absolute Gasteiger partial charge is 0.226 e. The fraction of sp³-hybridized carbons (Fsp3) is 0.444. The van der Waals surface area contributed by atoms with Crippen LogP contribution in [0.1, 0.15) is 30.0 Å². The summed E-state index contributed by atoms with van der Waals surface area (Å²) in [5.41, 5.74) is 1.97. The summed E-state index contributed by atoms with van der Waals surface area (Å²) < 4.78 is 14.8. The molecular weight excluding hydrogens is 309 g/mol. The zero-order valence-electron chi connectivity index (χ0n) is 13.6. The molecule has 1 saturated heterocycles. The largest absolute Gasteiger partial charge is 0.394 e. The van der Waals surface area contributed by atoms with Gasteiger partial charge >= 0.3 is 0 Å². The minimum absolute atomic E-state index is 0.0731. The van der Waals surface area contributed by atoms with Gasteiger partial charge in [-0.15, -0.1) is 0 Å². The Morgan fingerprint density at radius 2 is 1.92 bits per heavy atom. The second kappa shape index (κ2) is 7.57. The number of likely N-dealkylation sites (tertiary alicyclic amines) is 1. The van der Waals surface area contributed by atoms with E-state index in [2.05, 4.69) is 5.10 Å². The Labute approximate surface area is 140 Å². The molecule has 0 spiro atoms. The van der Waals surface area contributed by atoms with Crippen molar-refractivity contribution < 1.29 is 14.3 Å². The summed E-state index contributed by atoms with van der Waals surface area (Å²) in [6.07, 6.45) is 3.86. The van der Waals surface area contributed by atoms with E-state index in [4.69, 9.17) is 5.11 Å². The number of piperidine rings is 1. The molecular formula is C18H22FN3O2. The molecule has 1 amide bonds. The quantitative estimate of drug-likeness (QED) is 0.911. The molecule has 0 bridgehead atoms. The molecule has 1 N–H and O–H groups in total. The minimum Gasteiger partial charge on any atom is -0.394 e. The Bertz CT molecular complexity index is 676. The van der Waals surface area contributed by atoms with Gasteiger partial charge in [-0.2, -0.15) is 5.10 Å². The van der Waals surface area contributed by atoms with Gasteiger partial charge in [0.1, 0.15) is 5.82 Å².